The van der Waals surface area contributed by atoms with Crippen molar-refractivity contribution in [1.82, 2.24) is 41.3 Å². The number of carbonyl (C=O) groups is 15. The van der Waals surface area contributed by atoms with Gasteiger partial charge in [0.15, 0.2) is 28.9 Å². The molecule has 1 aromatic rings. The van der Waals surface area contributed by atoms with E-state index in [1.807, 2.05) is 152 Å². The first-order chi connectivity index (χ1) is 67.9. The van der Waals surface area contributed by atoms with Crippen LogP contribution in [0.4, 0.5) is 0 Å². The van der Waals surface area contributed by atoms with E-state index in [1.165, 1.54) is 24.0 Å². The van der Waals surface area contributed by atoms with Gasteiger partial charge in [0.1, 0.15) is 34.7 Å². The number of rotatable bonds is 70. The number of ketones is 11. The number of benzene rings is 1. The molecule has 862 valence electrons. The monoisotopic (exact) mass is 2110 g/mol. The molecular formula is C119H221N8O20P. The van der Waals surface area contributed by atoms with Crippen LogP contribution in [0.5, 0.6) is 0 Å². The van der Waals surface area contributed by atoms with E-state index in [0.717, 1.165) is 30.6 Å². The van der Waals surface area contributed by atoms with Crippen LogP contribution in [0.1, 0.15) is 418 Å². The zero-order valence-corrected chi connectivity index (χ0v) is 103. The van der Waals surface area contributed by atoms with E-state index in [1.54, 1.807) is 63.2 Å². The van der Waals surface area contributed by atoms with Crippen LogP contribution in [0.25, 0.3) is 0 Å². The normalized spacial score (nSPS) is 13.8. The summed E-state index contributed by atoms with van der Waals surface area (Å²) in [7, 11) is -4.07. The van der Waals surface area contributed by atoms with Gasteiger partial charge in [0, 0.05) is 134 Å². The first kappa shape index (κ1) is 150. The van der Waals surface area contributed by atoms with Crippen molar-refractivity contribution in [3.05, 3.63) is 35.4 Å². The van der Waals surface area contributed by atoms with Gasteiger partial charge in [0.25, 0.3) is 0 Å². The molecule has 0 bridgehead atoms. The van der Waals surface area contributed by atoms with Crippen LogP contribution in [-0.2, 0) is 85.5 Å². The summed E-state index contributed by atoms with van der Waals surface area (Å²) in [6, 6.07) is 7.04. The molecule has 0 saturated carbocycles. The molecule has 29 heteroatoms. The summed E-state index contributed by atoms with van der Waals surface area (Å²) in [5.41, 5.74) is 2.98. The van der Waals surface area contributed by atoms with Gasteiger partial charge in [-0.25, -0.2) is 4.57 Å². The lowest BCUT2D eigenvalue weighted by molar-refractivity contribution is -0.139. The first-order valence-electron chi connectivity index (χ1n) is 56.3. The van der Waals surface area contributed by atoms with E-state index in [9.17, 15) is 81.4 Å². The molecule has 0 aliphatic heterocycles. The molecule has 1 rings (SSSR count). The molecule has 0 saturated heterocycles. The molecule has 7 N–H and O–H groups in total. The van der Waals surface area contributed by atoms with Crippen LogP contribution >= 0.6 is 7.82 Å². The second kappa shape index (κ2) is 79.4. The van der Waals surface area contributed by atoms with Gasteiger partial charge in [0.05, 0.1) is 81.7 Å². The van der Waals surface area contributed by atoms with E-state index < -0.39 is 44.2 Å². The molecular weight excluding hydrogens is 1890 g/mol. The van der Waals surface area contributed by atoms with Gasteiger partial charge in [-0.2, -0.15) is 0 Å². The first-order valence-corrected chi connectivity index (χ1v) is 57.8. The number of carbonyl (C=O) groups excluding carboxylic acids is 15. The molecule has 0 heterocycles. The Hall–Kier alpha value is -6.62. The molecule has 28 nitrogen and oxygen atoms in total. The minimum absolute atomic E-state index is 0.00158. The Bertz CT molecular complexity index is 3960. The fourth-order valence-electron chi connectivity index (χ4n) is 15.9. The number of nitrogens with zero attached hydrogens (tertiary/aromatic N) is 3. The standard InChI is InChI=1S/C27H52N2O3.C22H40N2O4.C21H38N2O4.C21H37NO4.C18H30.C10H24NO5P/c1-17(2)11-22(12-18(3)4)27(32)29-24(14-20(7)8)25(30)15-23(13-19(5)6)26(31)28-16-21(9)10;1-13(2)19(25)11-9-18(22(28)15(5)6)24-20(26)12-10-17(23-16(7)8)21(27)14(3)4;1-14(2)18(24)11-22(12-19(25)15(3)4)9-10-23(21(27)17(7)8)13-20(26)16(5)6;1-13(2)18(23)10-9-17(21(26)16(7)8)22(11-19(24)14(3)4)12-20(25)15(5)6;1-13(2)11-18(12-14(3)4)17-9-7-16(8-10-17)15(5)6;1-7(2)11-10(6-12)9(5)16-17(13,14)15-8(3)4/h17-24H,11-16H2,1-10H3,(H,28,31)(H,29,32);13-18,23H,9-12H2,1-8H3,(H,24,26);14-17H,9-13H2,1-8H3;13-17H,9-12H2,1-8H3;7-10,13-15,18H,11-12H2,1-6H3;7-12H,6H2,1-5H3,(H,13,14). The summed E-state index contributed by atoms with van der Waals surface area (Å²) in [5, 5.41) is 24.3. The van der Waals surface area contributed by atoms with Gasteiger partial charge in [-0.15, -0.1) is 0 Å². The van der Waals surface area contributed by atoms with Crippen LogP contribution < -0.4 is 26.6 Å². The largest absolute Gasteiger partial charge is 0.472 e. The highest BCUT2D eigenvalue weighted by Gasteiger charge is 2.37. The highest BCUT2D eigenvalue weighted by molar-refractivity contribution is 7.47. The van der Waals surface area contributed by atoms with Gasteiger partial charge in [-0.05, 0) is 143 Å². The average Bonchev–Trinajstić information content (AvgIpc) is 0.843. The maximum absolute atomic E-state index is 13.3. The fourth-order valence-corrected chi connectivity index (χ4v) is 17.0. The molecule has 0 aromatic heterocycles. The number of hydrogen-bond acceptors (Lipinski definition) is 23. The third-order valence-electron chi connectivity index (χ3n) is 25.0. The maximum Gasteiger partial charge on any atom is 0.472 e. The molecule has 8 unspecified atom stereocenters. The summed E-state index contributed by atoms with van der Waals surface area (Å²) in [6.45, 7) is 89.1. The third kappa shape index (κ3) is 72.1. The van der Waals surface area contributed by atoms with Crippen molar-refractivity contribution in [1.29, 1.82) is 0 Å². The SMILES string of the molecule is CC(C)C(=O)CCC(C(=O)C(C)C)N(CC(=O)C(C)C)CC(=O)C(C)C.CC(C)C(=O)CN(CCN(CC(=O)C(C)C)C(=O)C(C)C)CC(=O)C(C)C.CC(C)CC(CC(C)C)c1ccc(C(C)C)cc1.CC(C)CNC(=O)C(CC(=O)C(CC(C)C)NC(=O)C(CC(C)C)CC(C)C)CC(C)C.CC(C)NC(CCC(=O)NC(CCC(=O)C(C)C)C(=O)C(C)C)C(=O)C(C)C.CC(C)NC(CO)C(C)OP(=O)(O)OC(C)C. The number of phosphoric ester groups is 1. The minimum Gasteiger partial charge on any atom is -0.395 e. The van der Waals surface area contributed by atoms with Crippen LogP contribution in [0.15, 0.2) is 24.3 Å². The summed E-state index contributed by atoms with van der Waals surface area (Å²) in [6.07, 6.45) is 6.43. The topological polar surface area (TPSA) is 402 Å². The molecule has 0 aliphatic rings. The summed E-state index contributed by atoms with van der Waals surface area (Å²) >= 11 is 0. The number of aliphatic hydroxyl groups is 1. The number of aliphatic hydroxyl groups excluding tert-OH is 1. The predicted molar refractivity (Wildman–Crippen MR) is 605 cm³/mol. The molecule has 4 amide bonds. The Labute approximate surface area is 901 Å². The fraction of sp³-hybridized carbons (Fsp3) is 0.824. The van der Waals surface area contributed by atoms with Crippen molar-refractivity contribution in [3.8, 4) is 0 Å². The lowest BCUT2D eigenvalue weighted by Crippen LogP contribution is -2.49. The Morgan fingerprint density at radius 1 is 0.345 bits per heavy atom. The maximum atomic E-state index is 13.3. The van der Waals surface area contributed by atoms with Crippen molar-refractivity contribution < 1.29 is 95.5 Å². The molecule has 0 fully saturated rings. The van der Waals surface area contributed by atoms with Crippen molar-refractivity contribution in [2.24, 2.45) is 118 Å². The number of Topliss-reactive ketones (excluding diaryl/α,β-unsaturated/α-hetero) is 11. The Morgan fingerprint density at radius 2 is 0.716 bits per heavy atom. The molecule has 8 atom stereocenters. The Balaban J connectivity index is -0.000000559. The number of phosphoric acid groups is 1. The predicted octanol–water partition coefficient (Wildman–Crippen LogP) is 21.7. The minimum atomic E-state index is -4.07. The van der Waals surface area contributed by atoms with E-state index in [4.69, 9.17) is 14.2 Å². The lowest BCUT2D eigenvalue weighted by atomic mass is 9.83. The highest BCUT2D eigenvalue weighted by Crippen LogP contribution is 2.46. The average molecular weight is 2120 g/mol. The molecule has 0 aliphatic carbocycles. The second-order valence-electron chi connectivity index (χ2n) is 48.8. The Morgan fingerprint density at radius 3 is 1.07 bits per heavy atom. The van der Waals surface area contributed by atoms with Crippen molar-refractivity contribution in [2.75, 3.05) is 59.0 Å². The highest BCUT2D eigenvalue weighted by atomic mass is 31.2. The van der Waals surface area contributed by atoms with E-state index >= 15 is 0 Å². The summed E-state index contributed by atoms with van der Waals surface area (Å²) in [4.78, 5) is 201. The van der Waals surface area contributed by atoms with Crippen LogP contribution in [-0.4, -0.2) is 225 Å². The lowest BCUT2D eigenvalue weighted by Gasteiger charge is -2.32. The third-order valence-corrected chi connectivity index (χ3v) is 26.2. The van der Waals surface area contributed by atoms with E-state index in [0.29, 0.717) is 81.3 Å². The smallest absolute Gasteiger partial charge is 0.395 e. The van der Waals surface area contributed by atoms with Gasteiger partial charge in [0.2, 0.25) is 23.6 Å². The zero-order valence-electron chi connectivity index (χ0n) is 102. The summed E-state index contributed by atoms with van der Waals surface area (Å²) in [5.74, 6) is 2.47. The number of amides is 4. The van der Waals surface area contributed by atoms with Crippen molar-refractivity contribution in [2.45, 2.75) is 461 Å². The quantitative estimate of drug-likeness (QED) is 0.0298. The van der Waals surface area contributed by atoms with Crippen LogP contribution in [0.3, 0.4) is 0 Å². The van der Waals surface area contributed by atoms with Gasteiger partial charge in [-0.1, -0.05) is 315 Å². The van der Waals surface area contributed by atoms with E-state index in [-0.39, 0.29) is 253 Å². The van der Waals surface area contributed by atoms with Crippen LogP contribution in [0.2, 0.25) is 0 Å². The Kier molecular flexibility index (Phi) is 80.3. The van der Waals surface area contributed by atoms with Gasteiger partial charge < -0.3 is 41.5 Å². The number of hydrogen-bond donors (Lipinski definition) is 7. The molecule has 0 spiro atoms. The summed E-state index contributed by atoms with van der Waals surface area (Å²) < 4.78 is 21.3. The van der Waals surface area contributed by atoms with Crippen molar-refractivity contribution in [3.63, 3.8) is 0 Å². The van der Waals surface area contributed by atoms with Crippen molar-refractivity contribution >= 4 is 95.1 Å². The van der Waals surface area contributed by atoms with E-state index in [2.05, 4.69) is 162 Å². The zero-order chi connectivity index (χ0) is 116. The number of nitrogens with one attached hydrogen (secondary N) is 5. The van der Waals surface area contributed by atoms with Crippen LogP contribution in [0, 0.1) is 118 Å². The second-order valence-corrected chi connectivity index (χ2v) is 50.1. The molecule has 0 radical (unpaired) electrons. The van der Waals surface area contributed by atoms with Gasteiger partial charge >= 0.3 is 7.82 Å². The molecule has 148 heavy (non-hydrogen) atoms. The molecule has 1 aromatic carbocycles. The van der Waals surface area contributed by atoms with Gasteiger partial charge in [-0.3, -0.25) is 90.8 Å².